The van der Waals surface area contributed by atoms with Crippen LogP contribution in [0.3, 0.4) is 0 Å². The van der Waals surface area contributed by atoms with Crippen molar-refractivity contribution in [3.05, 3.63) is 33.8 Å². The van der Waals surface area contributed by atoms with Gasteiger partial charge in [-0.15, -0.1) is 0 Å². The zero-order valence-electron chi connectivity index (χ0n) is 6.37. The summed E-state index contributed by atoms with van der Waals surface area (Å²) in [4.78, 5) is 11.1. The van der Waals surface area contributed by atoms with E-state index in [4.69, 9.17) is 0 Å². The lowest BCUT2D eigenvalue weighted by molar-refractivity contribution is 0.0771. The lowest BCUT2D eigenvalue weighted by Crippen LogP contribution is -2.00. The number of halogens is 1. The molecule has 0 aliphatic rings. The van der Waals surface area contributed by atoms with Crippen LogP contribution in [0.4, 0.5) is 0 Å². The number of carbonyl (C=O) groups is 1. The third-order valence-electron chi connectivity index (χ3n) is 1.50. The Hall–Kier alpha value is -0.480. The van der Waals surface area contributed by atoms with E-state index >= 15 is 0 Å². The highest BCUT2D eigenvalue weighted by molar-refractivity contribution is 9.10. The molecule has 0 saturated carbocycles. The smallest absolute Gasteiger partial charge is 0.350 e. The molecule has 0 spiro atoms. The molecule has 1 aromatic rings. The third-order valence-corrected chi connectivity index (χ3v) is 2.16. The van der Waals surface area contributed by atoms with Gasteiger partial charge in [-0.25, -0.2) is 4.79 Å². The summed E-state index contributed by atoms with van der Waals surface area (Å²) in [6.45, 7) is 1.84. The standard InChI is InChI=1S/C8H7BrO2S/c1-5-2-3-6(9)4-7(5)8(10)11-12/h2-4,12H,1H3. The van der Waals surface area contributed by atoms with Gasteiger partial charge in [0, 0.05) is 17.4 Å². The number of aryl methyl sites for hydroxylation is 1. The second-order valence-electron chi connectivity index (χ2n) is 2.34. The van der Waals surface area contributed by atoms with Crippen molar-refractivity contribution in [2.75, 3.05) is 0 Å². The normalized spacial score (nSPS) is 9.58. The Morgan fingerprint density at radius 3 is 2.83 bits per heavy atom. The van der Waals surface area contributed by atoms with E-state index in [0.29, 0.717) is 5.56 Å². The largest absolute Gasteiger partial charge is 0.391 e. The minimum absolute atomic E-state index is 0.433. The average Bonchev–Trinajstić information content (AvgIpc) is 2.08. The summed E-state index contributed by atoms with van der Waals surface area (Å²) in [5.74, 6) is -0.433. The number of hydrogen-bond donors (Lipinski definition) is 1. The van der Waals surface area contributed by atoms with E-state index in [0.717, 1.165) is 10.0 Å². The van der Waals surface area contributed by atoms with Crippen LogP contribution in [0.1, 0.15) is 15.9 Å². The predicted octanol–water partition coefficient (Wildman–Crippen LogP) is 2.76. The summed E-state index contributed by atoms with van der Waals surface area (Å²) < 4.78 is 5.16. The first-order valence-corrected chi connectivity index (χ1v) is 4.43. The minimum atomic E-state index is -0.433. The molecule has 0 amide bonds. The van der Waals surface area contributed by atoms with Crippen LogP contribution in [0, 0.1) is 6.92 Å². The lowest BCUT2D eigenvalue weighted by atomic mass is 10.1. The van der Waals surface area contributed by atoms with Gasteiger partial charge in [-0.1, -0.05) is 22.0 Å². The first-order chi connectivity index (χ1) is 5.65. The van der Waals surface area contributed by atoms with Crippen LogP contribution in [0.15, 0.2) is 22.7 Å². The molecule has 64 valence electrons. The van der Waals surface area contributed by atoms with Gasteiger partial charge in [0.05, 0.1) is 5.56 Å². The molecule has 0 saturated heterocycles. The molecule has 0 radical (unpaired) electrons. The first kappa shape index (κ1) is 9.61. The van der Waals surface area contributed by atoms with Crippen LogP contribution in [-0.4, -0.2) is 5.97 Å². The van der Waals surface area contributed by atoms with E-state index in [1.807, 2.05) is 19.1 Å². The van der Waals surface area contributed by atoms with E-state index in [9.17, 15) is 4.79 Å². The van der Waals surface area contributed by atoms with Gasteiger partial charge in [0.25, 0.3) is 0 Å². The van der Waals surface area contributed by atoms with Crippen molar-refractivity contribution >= 4 is 34.8 Å². The van der Waals surface area contributed by atoms with Crippen LogP contribution in [0.25, 0.3) is 0 Å². The Morgan fingerprint density at radius 1 is 1.58 bits per heavy atom. The number of hydrogen-bond acceptors (Lipinski definition) is 3. The zero-order valence-corrected chi connectivity index (χ0v) is 8.85. The number of thiol groups is 1. The monoisotopic (exact) mass is 246 g/mol. The van der Waals surface area contributed by atoms with Crippen LogP contribution < -0.4 is 0 Å². The molecule has 0 unspecified atom stereocenters. The molecular formula is C8H7BrO2S. The molecular weight excluding hydrogens is 240 g/mol. The van der Waals surface area contributed by atoms with Gasteiger partial charge in [0.1, 0.15) is 0 Å². The Kier molecular flexibility index (Phi) is 3.17. The molecule has 0 bridgehead atoms. The van der Waals surface area contributed by atoms with Crippen LogP contribution in [-0.2, 0) is 4.18 Å². The molecule has 0 fully saturated rings. The van der Waals surface area contributed by atoms with Crippen LogP contribution in [0.5, 0.6) is 0 Å². The fourth-order valence-electron chi connectivity index (χ4n) is 0.863. The fourth-order valence-corrected chi connectivity index (χ4v) is 1.32. The van der Waals surface area contributed by atoms with E-state index in [1.165, 1.54) is 0 Å². The molecule has 4 heteroatoms. The molecule has 0 N–H and O–H groups in total. The fraction of sp³-hybridized carbons (Fsp3) is 0.125. The SMILES string of the molecule is Cc1ccc(Br)cc1C(=O)OS. The second kappa shape index (κ2) is 3.96. The van der Waals surface area contributed by atoms with Crippen molar-refractivity contribution in [3.8, 4) is 0 Å². The molecule has 0 aliphatic carbocycles. The molecule has 0 aliphatic heterocycles. The van der Waals surface area contributed by atoms with Crippen molar-refractivity contribution in [1.82, 2.24) is 0 Å². The maximum atomic E-state index is 11.1. The van der Waals surface area contributed by atoms with E-state index in [1.54, 1.807) is 6.07 Å². The quantitative estimate of drug-likeness (QED) is 0.610. The average molecular weight is 247 g/mol. The van der Waals surface area contributed by atoms with Crippen LogP contribution >= 0.6 is 28.8 Å². The van der Waals surface area contributed by atoms with Crippen molar-refractivity contribution < 1.29 is 8.98 Å². The summed E-state index contributed by atoms with van der Waals surface area (Å²) in [5.41, 5.74) is 1.40. The Balaban J connectivity index is 3.13. The zero-order chi connectivity index (χ0) is 9.14. The minimum Gasteiger partial charge on any atom is -0.391 e. The molecule has 0 aromatic heterocycles. The molecule has 2 nitrogen and oxygen atoms in total. The Morgan fingerprint density at radius 2 is 2.25 bits per heavy atom. The van der Waals surface area contributed by atoms with Crippen molar-refractivity contribution in [3.63, 3.8) is 0 Å². The van der Waals surface area contributed by atoms with Gasteiger partial charge in [0.15, 0.2) is 0 Å². The second-order valence-corrected chi connectivity index (χ2v) is 3.44. The lowest BCUT2D eigenvalue weighted by Gasteiger charge is -2.02. The first-order valence-electron chi connectivity index (χ1n) is 3.27. The number of benzene rings is 1. The summed E-state index contributed by atoms with van der Waals surface area (Å²) in [6, 6.07) is 5.41. The van der Waals surface area contributed by atoms with E-state index in [-0.39, 0.29) is 0 Å². The molecule has 1 rings (SSSR count). The Labute approximate surface area is 84.7 Å². The summed E-state index contributed by atoms with van der Waals surface area (Å²) >= 11 is 6.70. The van der Waals surface area contributed by atoms with Gasteiger partial charge in [0.2, 0.25) is 0 Å². The highest BCUT2D eigenvalue weighted by Gasteiger charge is 2.08. The van der Waals surface area contributed by atoms with Gasteiger partial charge in [-0.2, -0.15) is 0 Å². The summed E-state index contributed by atoms with van der Waals surface area (Å²) in [5, 5.41) is 0. The van der Waals surface area contributed by atoms with Crippen molar-refractivity contribution in [2.24, 2.45) is 0 Å². The molecule has 0 atom stereocenters. The summed E-state index contributed by atoms with van der Waals surface area (Å²) in [6.07, 6.45) is 0. The van der Waals surface area contributed by atoms with Gasteiger partial charge in [-0.3, -0.25) is 0 Å². The highest BCUT2D eigenvalue weighted by atomic mass is 79.9. The van der Waals surface area contributed by atoms with Crippen molar-refractivity contribution in [2.45, 2.75) is 6.92 Å². The van der Waals surface area contributed by atoms with E-state index in [2.05, 4.69) is 33.0 Å². The highest BCUT2D eigenvalue weighted by Crippen LogP contribution is 2.17. The van der Waals surface area contributed by atoms with Gasteiger partial charge < -0.3 is 4.18 Å². The maximum Gasteiger partial charge on any atom is 0.350 e. The van der Waals surface area contributed by atoms with E-state index < -0.39 is 5.97 Å². The number of carbonyl (C=O) groups excluding carboxylic acids is 1. The Bertz CT molecular complexity index is 312. The summed E-state index contributed by atoms with van der Waals surface area (Å²) in [7, 11) is 0. The number of rotatable bonds is 1. The molecule has 12 heavy (non-hydrogen) atoms. The molecule has 1 aromatic carbocycles. The van der Waals surface area contributed by atoms with Crippen molar-refractivity contribution in [1.29, 1.82) is 0 Å². The van der Waals surface area contributed by atoms with Gasteiger partial charge >= 0.3 is 5.97 Å². The van der Waals surface area contributed by atoms with Crippen LogP contribution in [0.2, 0.25) is 0 Å². The van der Waals surface area contributed by atoms with Gasteiger partial charge in [-0.05, 0) is 24.6 Å². The predicted molar refractivity (Wildman–Crippen MR) is 53.3 cm³/mol. The maximum absolute atomic E-state index is 11.1. The molecule has 0 heterocycles. The third kappa shape index (κ3) is 2.01. The topological polar surface area (TPSA) is 26.3 Å².